The highest BCUT2D eigenvalue weighted by molar-refractivity contribution is 5.66. The Morgan fingerprint density at radius 2 is 1.77 bits per heavy atom. The summed E-state index contributed by atoms with van der Waals surface area (Å²) in [7, 11) is 1.52. The monoisotopic (exact) mass is 424 g/mol. The van der Waals surface area contributed by atoms with E-state index < -0.39 is 58.3 Å². The SMILES string of the molecule is CO[C@@H]1[C@H]2C(C)=C3CC[C@@H]4[C@@H](O)[C@@]3(C[C@@H](OC(C)=O)[C@]2(O)C(C)(C)[C@H]1O)C[C@@]4(C)O. The number of methoxy groups -OCH3 is 1. The Morgan fingerprint density at radius 1 is 1.13 bits per heavy atom. The topological polar surface area (TPSA) is 116 Å². The van der Waals surface area contributed by atoms with Crippen molar-refractivity contribution >= 4 is 5.97 Å². The Hall–Kier alpha value is -0.990. The van der Waals surface area contributed by atoms with Gasteiger partial charge in [0.2, 0.25) is 0 Å². The Bertz CT molecular complexity index is 786. The molecule has 1 spiro atoms. The molecule has 0 saturated heterocycles. The van der Waals surface area contributed by atoms with Crippen molar-refractivity contribution in [2.24, 2.45) is 22.7 Å². The van der Waals surface area contributed by atoms with E-state index in [0.717, 1.165) is 11.1 Å². The molecule has 0 amide bonds. The smallest absolute Gasteiger partial charge is 0.303 e. The van der Waals surface area contributed by atoms with E-state index in [1.54, 1.807) is 20.8 Å². The lowest BCUT2D eigenvalue weighted by Gasteiger charge is -2.47. The van der Waals surface area contributed by atoms with Gasteiger partial charge in [-0.2, -0.15) is 0 Å². The maximum absolute atomic E-state index is 12.3. The minimum atomic E-state index is -1.59. The molecule has 30 heavy (non-hydrogen) atoms. The number of aliphatic hydroxyl groups excluding tert-OH is 2. The molecule has 4 N–H and O–H groups in total. The zero-order valence-electron chi connectivity index (χ0n) is 18.8. The lowest BCUT2D eigenvalue weighted by atomic mass is 9.64. The summed E-state index contributed by atoms with van der Waals surface area (Å²) < 4.78 is 11.5. The van der Waals surface area contributed by atoms with Crippen molar-refractivity contribution in [3.8, 4) is 0 Å². The van der Waals surface area contributed by atoms with Crippen molar-refractivity contribution in [3.05, 3.63) is 11.1 Å². The predicted molar refractivity (Wildman–Crippen MR) is 108 cm³/mol. The minimum absolute atomic E-state index is 0.201. The summed E-state index contributed by atoms with van der Waals surface area (Å²) in [6.45, 7) is 8.55. The number of carbonyl (C=O) groups excluding carboxylic acids is 1. The number of rotatable bonds is 2. The van der Waals surface area contributed by atoms with Crippen LogP contribution in [0, 0.1) is 22.7 Å². The fourth-order valence-electron chi connectivity index (χ4n) is 7.75. The molecule has 0 aromatic carbocycles. The van der Waals surface area contributed by atoms with E-state index in [0.29, 0.717) is 19.3 Å². The first-order valence-corrected chi connectivity index (χ1v) is 11.0. The fourth-order valence-corrected chi connectivity index (χ4v) is 7.75. The molecule has 0 radical (unpaired) electrons. The second-order valence-electron chi connectivity index (χ2n) is 10.9. The van der Waals surface area contributed by atoms with E-state index in [2.05, 4.69) is 0 Å². The van der Waals surface area contributed by atoms with Gasteiger partial charge >= 0.3 is 5.97 Å². The van der Waals surface area contributed by atoms with Crippen LogP contribution < -0.4 is 0 Å². The van der Waals surface area contributed by atoms with E-state index in [-0.39, 0.29) is 12.3 Å². The van der Waals surface area contributed by atoms with Crippen LogP contribution >= 0.6 is 0 Å². The Kier molecular flexibility index (Phi) is 4.82. The fraction of sp³-hybridized carbons (Fsp3) is 0.870. The molecule has 4 aliphatic carbocycles. The third-order valence-corrected chi connectivity index (χ3v) is 9.17. The predicted octanol–water partition coefficient (Wildman–Crippen LogP) is 1.31. The summed E-state index contributed by atoms with van der Waals surface area (Å²) >= 11 is 0. The Morgan fingerprint density at radius 3 is 2.33 bits per heavy atom. The van der Waals surface area contributed by atoms with Gasteiger partial charge in [-0.05, 0) is 39.5 Å². The first-order chi connectivity index (χ1) is 13.8. The van der Waals surface area contributed by atoms with Gasteiger partial charge in [0.15, 0.2) is 0 Å². The number of ether oxygens (including phenoxy) is 2. The number of carbonyl (C=O) groups is 1. The number of hydrogen-bond acceptors (Lipinski definition) is 7. The van der Waals surface area contributed by atoms with E-state index in [4.69, 9.17) is 9.47 Å². The van der Waals surface area contributed by atoms with E-state index >= 15 is 0 Å². The van der Waals surface area contributed by atoms with Gasteiger partial charge in [0.25, 0.3) is 0 Å². The van der Waals surface area contributed by atoms with Crippen LogP contribution in [0.5, 0.6) is 0 Å². The summed E-state index contributed by atoms with van der Waals surface area (Å²) in [6, 6.07) is 0. The molecular formula is C23H36O7. The van der Waals surface area contributed by atoms with Crippen molar-refractivity contribution in [1.29, 1.82) is 0 Å². The van der Waals surface area contributed by atoms with Gasteiger partial charge < -0.3 is 29.9 Å². The average Bonchev–Trinajstić information content (AvgIpc) is 2.81. The molecule has 0 aromatic heterocycles. The normalized spacial score (nSPS) is 51.9. The van der Waals surface area contributed by atoms with Gasteiger partial charge in [-0.25, -0.2) is 0 Å². The number of aliphatic hydroxyl groups is 4. The van der Waals surface area contributed by atoms with Crippen LogP contribution in [-0.4, -0.2) is 69.1 Å². The van der Waals surface area contributed by atoms with Crippen LogP contribution in [-0.2, 0) is 14.3 Å². The number of fused-ring (bicyclic) bond motifs is 2. The van der Waals surface area contributed by atoms with Crippen molar-refractivity contribution in [2.45, 2.75) is 95.9 Å². The summed E-state index contributed by atoms with van der Waals surface area (Å²) in [6.07, 6.45) is -1.51. The van der Waals surface area contributed by atoms with Crippen molar-refractivity contribution < 1.29 is 34.7 Å². The van der Waals surface area contributed by atoms with Crippen LogP contribution in [0.3, 0.4) is 0 Å². The molecule has 3 fully saturated rings. The van der Waals surface area contributed by atoms with E-state index in [1.807, 2.05) is 6.92 Å². The maximum atomic E-state index is 12.3. The highest BCUT2D eigenvalue weighted by Gasteiger charge is 2.74. The van der Waals surface area contributed by atoms with Gasteiger partial charge in [-0.1, -0.05) is 25.0 Å². The van der Waals surface area contributed by atoms with Crippen molar-refractivity contribution in [1.82, 2.24) is 0 Å². The lowest BCUT2D eigenvalue weighted by Crippen LogP contribution is -2.58. The highest BCUT2D eigenvalue weighted by Crippen LogP contribution is 2.67. The summed E-state index contributed by atoms with van der Waals surface area (Å²) in [5.41, 5.74) is -2.56. The molecule has 0 aliphatic heterocycles. The zero-order valence-corrected chi connectivity index (χ0v) is 18.8. The second kappa shape index (κ2) is 6.51. The van der Waals surface area contributed by atoms with Crippen LogP contribution in [0.15, 0.2) is 11.1 Å². The molecule has 4 aliphatic rings. The van der Waals surface area contributed by atoms with Crippen LogP contribution in [0.4, 0.5) is 0 Å². The summed E-state index contributed by atoms with van der Waals surface area (Å²) in [4.78, 5) is 12.1. The lowest BCUT2D eigenvalue weighted by molar-refractivity contribution is -0.198. The Balaban J connectivity index is 1.98. The van der Waals surface area contributed by atoms with Crippen LogP contribution in [0.2, 0.25) is 0 Å². The third-order valence-electron chi connectivity index (χ3n) is 9.17. The largest absolute Gasteiger partial charge is 0.459 e. The highest BCUT2D eigenvalue weighted by atomic mass is 16.6. The molecule has 2 bridgehead atoms. The quantitative estimate of drug-likeness (QED) is 0.390. The maximum Gasteiger partial charge on any atom is 0.303 e. The zero-order chi connectivity index (χ0) is 22.4. The van der Waals surface area contributed by atoms with Crippen LogP contribution in [0.1, 0.15) is 60.3 Å². The first-order valence-electron chi connectivity index (χ1n) is 11.0. The molecule has 7 heteroatoms. The molecule has 9 atom stereocenters. The standard InChI is InChI=1S/C23H36O7/c1-11-13-7-8-14-18(25)22(13,10-21(14,5)27)9-15(30-12(2)24)23(28)16(11)17(29-6)19(26)20(23,3)4/h14-19,25-28H,7-10H2,1-6H3/t14-,15-,16-,17-,18-,19+,21-,22+,23-/m1/s1. The summed E-state index contributed by atoms with van der Waals surface area (Å²) in [5.74, 6) is -1.39. The number of hydrogen-bond donors (Lipinski definition) is 4. The van der Waals surface area contributed by atoms with Gasteiger partial charge in [0.05, 0.1) is 23.9 Å². The molecule has 0 aromatic rings. The first kappa shape index (κ1) is 22.2. The molecule has 170 valence electrons. The third kappa shape index (κ3) is 2.47. The Labute approximate surface area is 178 Å². The van der Waals surface area contributed by atoms with Crippen molar-refractivity contribution in [3.63, 3.8) is 0 Å². The van der Waals surface area contributed by atoms with E-state index in [1.165, 1.54) is 14.0 Å². The van der Waals surface area contributed by atoms with Gasteiger partial charge in [-0.15, -0.1) is 0 Å². The molecule has 7 nitrogen and oxygen atoms in total. The van der Waals surface area contributed by atoms with Gasteiger partial charge in [0, 0.05) is 36.7 Å². The average molecular weight is 425 g/mol. The molecule has 3 saturated carbocycles. The summed E-state index contributed by atoms with van der Waals surface area (Å²) in [5, 5.41) is 45.8. The van der Waals surface area contributed by atoms with Gasteiger partial charge in [0.1, 0.15) is 11.7 Å². The van der Waals surface area contributed by atoms with Crippen molar-refractivity contribution in [2.75, 3.05) is 7.11 Å². The van der Waals surface area contributed by atoms with E-state index in [9.17, 15) is 25.2 Å². The van der Waals surface area contributed by atoms with Crippen LogP contribution in [0.25, 0.3) is 0 Å². The molecular weight excluding hydrogens is 388 g/mol. The molecule has 0 unspecified atom stereocenters. The second-order valence-corrected chi connectivity index (χ2v) is 10.9. The molecule has 0 heterocycles. The number of esters is 1. The van der Waals surface area contributed by atoms with Gasteiger partial charge in [-0.3, -0.25) is 4.79 Å². The molecule has 4 rings (SSSR count). The minimum Gasteiger partial charge on any atom is -0.459 e.